The minimum atomic E-state index is -0.201. The number of benzene rings is 3. The highest BCUT2D eigenvalue weighted by molar-refractivity contribution is 7.99. The zero-order valence-corrected chi connectivity index (χ0v) is 19.2. The van der Waals surface area contributed by atoms with Gasteiger partial charge in [0.1, 0.15) is 0 Å². The Morgan fingerprint density at radius 2 is 1.77 bits per heavy atom. The lowest BCUT2D eigenvalue weighted by Crippen LogP contribution is -2.24. The SMILES string of the molecule is O=C(CSc1nnc2n(Cc3ccccc3)c(=O)c3ccccc3n12)Nc1ccc2c(c1)OCO2. The second-order valence-corrected chi connectivity index (χ2v) is 8.86. The molecule has 0 atom stereocenters. The minimum Gasteiger partial charge on any atom is -0.454 e. The first kappa shape index (κ1) is 21.2. The predicted molar refractivity (Wildman–Crippen MR) is 132 cm³/mol. The summed E-state index contributed by atoms with van der Waals surface area (Å²) in [6.07, 6.45) is 0. The van der Waals surface area contributed by atoms with Crippen molar-refractivity contribution in [3.63, 3.8) is 0 Å². The van der Waals surface area contributed by atoms with E-state index in [2.05, 4.69) is 15.5 Å². The maximum Gasteiger partial charge on any atom is 0.263 e. The van der Waals surface area contributed by atoms with E-state index >= 15 is 0 Å². The first-order chi connectivity index (χ1) is 17.2. The van der Waals surface area contributed by atoms with Crippen molar-refractivity contribution in [2.24, 2.45) is 0 Å². The number of aromatic nitrogens is 4. The molecule has 1 aliphatic heterocycles. The van der Waals surface area contributed by atoms with Crippen LogP contribution in [0.1, 0.15) is 5.56 Å². The predicted octanol–water partition coefficient (Wildman–Crippen LogP) is 3.55. The molecule has 0 saturated carbocycles. The fourth-order valence-corrected chi connectivity index (χ4v) is 4.78. The van der Waals surface area contributed by atoms with Gasteiger partial charge in [0.2, 0.25) is 18.5 Å². The molecule has 0 unspecified atom stereocenters. The molecule has 0 saturated heterocycles. The van der Waals surface area contributed by atoms with Gasteiger partial charge in [0, 0.05) is 11.8 Å². The molecule has 174 valence electrons. The van der Waals surface area contributed by atoms with E-state index in [4.69, 9.17) is 9.47 Å². The molecule has 10 heteroatoms. The van der Waals surface area contributed by atoms with Crippen LogP contribution in [0.2, 0.25) is 0 Å². The molecule has 3 aromatic carbocycles. The summed E-state index contributed by atoms with van der Waals surface area (Å²) in [5.41, 5.74) is 2.15. The molecule has 35 heavy (non-hydrogen) atoms. The number of nitrogens with zero attached hydrogens (tertiary/aromatic N) is 4. The molecular weight excluding hydrogens is 466 g/mol. The molecule has 1 aliphatic rings. The lowest BCUT2D eigenvalue weighted by atomic mass is 10.2. The van der Waals surface area contributed by atoms with Gasteiger partial charge in [0.05, 0.1) is 23.2 Å². The van der Waals surface area contributed by atoms with E-state index in [0.717, 1.165) is 5.56 Å². The molecular formula is C25H19N5O4S. The van der Waals surface area contributed by atoms with Crippen molar-refractivity contribution in [2.45, 2.75) is 11.7 Å². The summed E-state index contributed by atoms with van der Waals surface area (Å²) in [5, 5.41) is 12.6. The van der Waals surface area contributed by atoms with Gasteiger partial charge in [-0.05, 0) is 29.8 Å². The summed E-state index contributed by atoms with van der Waals surface area (Å²) in [6.45, 7) is 0.535. The van der Waals surface area contributed by atoms with Crippen molar-refractivity contribution in [1.82, 2.24) is 19.2 Å². The molecule has 0 bridgehead atoms. The number of carbonyl (C=O) groups excluding carboxylic acids is 1. The van der Waals surface area contributed by atoms with Crippen LogP contribution >= 0.6 is 11.8 Å². The smallest absolute Gasteiger partial charge is 0.263 e. The minimum absolute atomic E-state index is 0.112. The highest BCUT2D eigenvalue weighted by Crippen LogP contribution is 2.34. The second-order valence-electron chi connectivity index (χ2n) is 7.92. The van der Waals surface area contributed by atoms with Gasteiger partial charge in [0.15, 0.2) is 16.7 Å². The van der Waals surface area contributed by atoms with Crippen molar-refractivity contribution in [1.29, 1.82) is 0 Å². The Labute approximate surface area is 203 Å². The number of thioether (sulfide) groups is 1. The third-order valence-electron chi connectivity index (χ3n) is 5.65. The van der Waals surface area contributed by atoms with E-state index in [0.29, 0.717) is 45.6 Å². The van der Waals surface area contributed by atoms with E-state index in [1.54, 1.807) is 28.8 Å². The lowest BCUT2D eigenvalue weighted by molar-refractivity contribution is -0.113. The highest BCUT2D eigenvalue weighted by Gasteiger charge is 2.19. The van der Waals surface area contributed by atoms with Crippen LogP contribution in [0.25, 0.3) is 16.7 Å². The summed E-state index contributed by atoms with van der Waals surface area (Å²) >= 11 is 1.25. The van der Waals surface area contributed by atoms with Crippen molar-refractivity contribution >= 4 is 40.0 Å². The Morgan fingerprint density at radius 1 is 0.971 bits per heavy atom. The first-order valence-electron chi connectivity index (χ1n) is 10.9. The number of hydrogen-bond donors (Lipinski definition) is 1. The molecule has 1 amide bonds. The molecule has 1 N–H and O–H groups in total. The zero-order valence-electron chi connectivity index (χ0n) is 18.4. The number of carbonyl (C=O) groups is 1. The molecule has 0 radical (unpaired) electrons. The Balaban J connectivity index is 1.31. The number of hydrogen-bond acceptors (Lipinski definition) is 7. The van der Waals surface area contributed by atoms with E-state index in [-0.39, 0.29) is 24.0 Å². The van der Waals surface area contributed by atoms with Gasteiger partial charge in [0.25, 0.3) is 5.56 Å². The highest BCUT2D eigenvalue weighted by atomic mass is 32.2. The fraction of sp³-hybridized carbons (Fsp3) is 0.120. The quantitative estimate of drug-likeness (QED) is 0.367. The average molecular weight is 486 g/mol. The summed E-state index contributed by atoms with van der Waals surface area (Å²) in [5.74, 6) is 1.59. The third kappa shape index (κ3) is 3.97. The van der Waals surface area contributed by atoms with E-state index in [9.17, 15) is 9.59 Å². The number of fused-ring (bicyclic) bond motifs is 4. The Kier molecular flexibility index (Phi) is 5.34. The van der Waals surface area contributed by atoms with Crippen LogP contribution in [0.4, 0.5) is 5.69 Å². The summed E-state index contributed by atoms with van der Waals surface area (Å²) in [7, 11) is 0. The van der Waals surface area contributed by atoms with Crippen LogP contribution in [0.5, 0.6) is 11.5 Å². The maximum atomic E-state index is 13.3. The normalized spacial score (nSPS) is 12.3. The van der Waals surface area contributed by atoms with Crippen molar-refractivity contribution < 1.29 is 14.3 Å². The molecule has 6 rings (SSSR count). The van der Waals surface area contributed by atoms with E-state index in [1.165, 1.54) is 11.8 Å². The number of para-hydroxylation sites is 1. The standard InChI is InChI=1S/C25H19N5O4S/c31-22(26-17-10-11-20-21(12-17)34-15-33-20)14-35-25-28-27-24-29(13-16-6-2-1-3-7-16)23(32)18-8-4-5-9-19(18)30(24)25/h1-12H,13-15H2,(H,26,31). The molecule has 2 aromatic heterocycles. The van der Waals surface area contributed by atoms with Gasteiger partial charge >= 0.3 is 0 Å². The molecule has 9 nitrogen and oxygen atoms in total. The number of anilines is 1. The molecule has 0 aliphatic carbocycles. The molecule has 0 fully saturated rings. The van der Waals surface area contributed by atoms with Crippen LogP contribution in [0.3, 0.4) is 0 Å². The first-order valence-corrected chi connectivity index (χ1v) is 11.9. The van der Waals surface area contributed by atoms with Gasteiger partial charge in [-0.1, -0.05) is 54.2 Å². The fourth-order valence-electron chi connectivity index (χ4n) is 4.04. The average Bonchev–Trinajstić information content (AvgIpc) is 3.53. The van der Waals surface area contributed by atoms with Gasteiger partial charge in [-0.2, -0.15) is 0 Å². The Morgan fingerprint density at radius 3 is 2.66 bits per heavy atom. The van der Waals surface area contributed by atoms with Crippen LogP contribution in [0, 0.1) is 0 Å². The second kappa shape index (κ2) is 8.80. The monoisotopic (exact) mass is 485 g/mol. The molecule has 3 heterocycles. The van der Waals surface area contributed by atoms with Crippen molar-refractivity contribution in [3.05, 3.63) is 88.7 Å². The number of rotatable bonds is 6. The van der Waals surface area contributed by atoms with Gasteiger partial charge in [-0.15, -0.1) is 10.2 Å². The zero-order chi connectivity index (χ0) is 23.8. The van der Waals surface area contributed by atoms with Crippen LogP contribution in [0.15, 0.2) is 82.7 Å². The largest absolute Gasteiger partial charge is 0.454 e. The van der Waals surface area contributed by atoms with Crippen LogP contribution < -0.4 is 20.3 Å². The van der Waals surface area contributed by atoms with E-state index < -0.39 is 0 Å². The van der Waals surface area contributed by atoms with Crippen molar-refractivity contribution in [3.8, 4) is 11.5 Å². The Hall–Kier alpha value is -4.31. The lowest BCUT2D eigenvalue weighted by Gasteiger charge is -2.11. The molecule has 5 aromatic rings. The van der Waals surface area contributed by atoms with Crippen LogP contribution in [-0.2, 0) is 11.3 Å². The van der Waals surface area contributed by atoms with E-state index in [1.807, 2.05) is 52.9 Å². The summed E-state index contributed by atoms with van der Waals surface area (Å²) in [6, 6.07) is 22.3. The number of ether oxygens (including phenoxy) is 2. The maximum absolute atomic E-state index is 13.3. The molecule has 0 spiro atoms. The number of nitrogens with one attached hydrogen (secondary N) is 1. The van der Waals surface area contributed by atoms with Crippen LogP contribution in [-0.4, -0.2) is 37.6 Å². The number of amides is 1. The van der Waals surface area contributed by atoms with Crippen molar-refractivity contribution in [2.75, 3.05) is 17.9 Å². The van der Waals surface area contributed by atoms with Gasteiger partial charge in [-0.3, -0.25) is 18.6 Å². The summed E-state index contributed by atoms with van der Waals surface area (Å²) < 4.78 is 14.1. The Bertz CT molecular complexity index is 1630. The summed E-state index contributed by atoms with van der Waals surface area (Å²) in [4.78, 5) is 26.0. The topological polar surface area (TPSA) is 99.8 Å². The van der Waals surface area contributed by atoms with Gasteiger partial charge in [-0.25, -0.2) is 0 Å². The van der Waals surface area contributed by atoms with Gasteiger partial charge < -0.3 is 14.8 Å². The third-order valence-corrected chi connectivity index (χ3v) is 6.58.